The average molecular weight is 196 g/mol. The number of halogens is 1. The third kappa shape index (κ3) is 1.68. The Hall–Kier alpha value is -1.02. The van der Waals surface area contributed by atoms with Crippen LogP contribution in [-0.4, -0.2) is 13.0 Å². The second-order valence-corrected chi connectivity index (χ2v) is 3.54. The van der Waals surface area contributed by atoms with Crippen molar-refractivity contribution in [3.05, 3.63) is 34.3 Å². The largest absolute Gasteiger partial charge is 0.481 e. The van der Waals surface area contributed by atoms with Gasteiger partial charge in [-0.3, -0.25) is 0 Å². The lowest BCUT2D eigenvalue weighted by molar-refractivity contribution is 0.330. The summed E-state index contributed by atoms with van der Waals surface area (Å²) in [5.74, 6) is 0. The van der Waals surface area contributed by atoms with E-state index in [0.29, 0.717) is 6.61 Å². The van der Waals surface area contributed by atoms with Crippen LogP contribution in [0.25, 0.3) is 0 Å². The van der Waals surface area contributed by atoms with Gasteiger partial charge in [-0.2, -0.15) is 0 Å². The Morgan fingerprint density at radius 3 is 3.08 bits per heavy atom. The van der Waals surface area contributed by atoms with Gasteiger partial charge in [-0.25, -0.2) is 4.99 Å². The molecule has 1 aromatic carbocycles. The smallest absolute Gasteiger partial charge is 0.170 e. The third-order valence-electron chi connectivity index (χ3n) is 2.17. The topological polar surface area (TPSA) is 21.6 Å². The van der Waals surface area contributed by atoms with E-state index in [1.165, 1.54) is 12.0 Å². The lowest BCUT2D eigenvalue weighted by Gasteiger charge is -2.09. The molecule has 13 heavy (non-hydrogen) atoms. The van der Waals surface area contributed by atoms with Gasteiger partial charge < -0.3 is 4.74 Å². The fraction of sp³-hybridized carbons (Fsp3) is 0.300. The molecule has 2 nitrogen and oxygen atoms in total. The van der Waals surface area contributed by atoms with Gasteiger partial charge in [0, 0.05) is 5.02 Å². The molecule has 1 heterocycles. The Balaban J connectivity index is 2.37. The molecule has 0 saturated heterocycles. The lowest BCUT2D eigenvalue weighted by Crippen LogP contribution is -1.99. The number of hydrogen-bond donors (Lipinski definition) is 0. The molecule has 0 saturated carbocycles. The molecule has 0 aromatic heterocycles. The van der Waals surface area contributed by atoms with Crippen LogP contribution in [0.2, 0.25) is 5.02 Å². The van der Waals surface area contributed by atoms with Crippen molar-refractivity contribution in [2.24, 2.45) is 4.99 Å². The summed E-state index contributed by atoms with van der Waals surface area (Å²) in [6.07, 6.45) is 1.50. The number of hydrogen-bond acceptors (Lipinski definition) is 2. The maximum atomic E-state index is 5.90. The van der Waals surface area contributed by atoms with Crippen LogP contribution in [-0.2, 0) is 4.74 Å². The van der Waals surface area contributed by atoms with E-state index in [1.54, 1.807) is 0 Å². The molecule has 0 fully saturated rings. The first-order valence-electron chi connectivity index (χ1n) is 4.16. The van der Waals surface area contributed by atoms with Crippen molar-refractivity contribution in [2.75, 3.05) is 6.61 Å². The van der Waals surface area contributed by atoms with Crippen molar-refractivity contribution in [3.8, 4) is 0 Å². The maximum Gasteiger partial charge on any atom is 0.170 e. The molecule has 68 valence electrons. The van der Waals surface area contributed by atoms with E-state index < -0.39 is 0 Å². The molecule has 0 aliphatic carbocycles. The molecule has 0 spiro atoms. The highest BCUT2D eigenvalue weighted by Gasteiger charge is 2.16. The molecule has 2 rings (SSSR count). The minimum absolute atomic E-state index is 0.124. The molecule has 1 aliphatic heterocycles. The van der Waals surface area contributed by atoms with Crippen LogP contribution in [0.5, 0.6) is 0 Å². The Labute approximate surface area is 82.2 Å². The Kier molecular flexibility index (Phi) is 2.23. The van der Waals surface area contributed by atoms with Gasteiger partial charge in [-0.15, -0.1) is 0 Å². The highest BCUT2D eigenvalue weighted by molar-refractivity contribution is 6.30. The van der Waals surface area contributed by atoms with Crippen LogP contribution >= 0.6 is 11.6 Å². The number of aliphatic imine (C=N–C) groups is 1. The summed E-state index contributed by atoms with van der Waals surface area (Å²) in [7, 11) is 0. The van der Waals surface area contributed by atoms with Crippen LogP contribution in [0.4, 0.5) is 0 Å². The Morgan fingerprint density at radius 2 is 2.38 bits per heavy atom. The minimum atomic E-state index is 0.124. The monoisotopic (exact) mass is 195 g/mol. The molecule has 3 heteroatoms. The quantitative estimate of drug-likeness (QED) is 0.675. The predicted octanol–water partition coefficient (Wildman–Crippen LogP) is 2.75. The molecule has 1 unspecified atom stereocenters. The number of nitrogens with zero attached hydrogens (tertiary/aromatic N) is 1. The molecule has 0 radical (unpaired) electrons. The summed E-state index contributed by atoms with van der Waals surface area (Å²) in [4.78, 5) is 4.20. The van der Waals surface area contributed by atoms with Gasteiger partial charge in [-0.1, -0.05) is 17.7 Å². The van der Waals surface area contributed by atoms with Crippen molar-refractivity contribution in [2.45, 2.75) is 13.0 Å². The molecule has 1 aromatic rings. The lowest BCUT2D eigenvalue weighted by atomic mass is 10.0. The zero-order valence-electron chi connectivity index (χ0n) is 7.33. The summed E-state index contributed by atoms with van der Waals surface area (Å²) in [5.41, 5.74) is 2.36. The number of rotatable bonds is 1. The van der Waals surface area contributed by atoms with Crippen molar-refractivity contribution in [1.82, 2.24) is 0 Å². The summed E-state index contributed by atoms with van der Waals surface area (Å²) in [6, 6.07) is 5.97. The molecule has 1 atom stereocenters. The highest BCUT2D eigenvalue weighted by Crippen LogP contribution is 2.26. The van der Waals surface area contributed by atoms with Gasteiger partial charge in [0.25, 0.3) is 0 Å². The number of ether oxygens (including phenoxy) is 1. The Bertz CT molecular complexity index is 349. The van der Waals surface area contributed by atoms with Crippen LogP contribution in [0.15, 0.2) is 23.2 Å². The van der Waals surface area contributed by atoms with Crippen molar-refractivity contribution in [1.29, 1.82) is 0 Å². The minimum Gasteiger partial charge on any atom is -0.481 e. The van der Waals surface area contributed by atoms with Gasteiger partial charge in [0.1, 0.15) is 12.6 Å². The Morgan fingerprint density at radius 1 is 1.54 bits per heavy atom. The molecular weight excluding hydrogens is 186 g/mol. The zero-order chi connectivity index (χ0) is 9.26. The van der Waals surface area contributed by atoms with Crippen LogP contribution in [0, 0.1) is 6.92 Å². The number of benzene rings is 1. The van der Waals surface area contributed by atoms with Crippen molar-refractivity contribution >= 4 is 18.0 Å². The van der Waals surface area contributed by atoms with E-state index >= 15 is 0 Å². The van der Waals surface area contributed by atoms with Gasteiger partial charge in [-0.05, 0) is 30.2 Å². The van der Waals surface area contributed by atoms with Gasteiger partial charge >= 0.3 is 0 Å². The van der Waals surface area contributed by atoms with Gasteiger partial charge in [0.05, 0.1) is 0 Å². The van der Waals surface area contributed by atoms with E-state index in [4.69, 9.17) is 16.3 Å². The summed E-state index contributed by atoms with van der Waals surface area (Å²) in [6.45, 7) is 2.68. The number of aryl methyl sites for hydroxylation is 1. The van der Waals surface area contributed by atoms with E-state index in [9.17, 15) is 0 Å². The molecule has 0 bridgehead atoms. The van der Waals surface area contributed by atoms with E-state index in [2.05, 4.69) is 11.9 Å². The van der Waals surface area contributed by atoms with E-state index in [-0.39, 0.29) is 6.04 Å². The van der Waals surface area contributed by atoms with Crippen molar-refractivity contribution in [3.63, 3.8) is 0 Å². The molecule has 1 aliphatic rings. The summed E-state index contributed by atoms with van der Waals surface area (Å²) in [5, 5.41) is 0.753. The molecule has 0 amide bonds. The van der Waals surface area contributed by atoms with Crippen LogP contribution in [0.1, 0.15) is 17.2 Å². The van der Waals surface area contributed by atoms with Gasteiger partial charge in [0.2, 0.25) is 0 Å². The first kappa shape index (κ1) is 8.57. The molecular formula is C10H10ClNO. The normalized spacial score (nSPS) is 20.3. The standard InChI is InChI=1S/C10H10ClNO/c1-7-2-3-8(11)4-9(7)10-5-13-6-12-10/h2-4,6,10H,5H2,1H3. The fourth-order valence-corrected chi connectivity index (χ4v) is 1.61. The first-order chi connectivity index (χ1) is 6.27. The fourth-order valence-electron chi connectivity index (χ4n) is 1.43. The highest BCUT2D eigenvalue weighted by atomic mass is 35.5. The van der Waals surface area contributed by atoms with Gasteiger partial charge in [0.15, 0.2) is 6.40 Å². The first-order valence-corrected chi connectivity index (χ1v) is 4.54. The average Bonchev–Trinajstić information content (AvgIpc) is 2.61. The zero-order valence-corrected chi connectivity index (χ0v) is 8.08. The SMILES string of the molecule is Cc1ccc(Cl)cc1C1COC=N1. The summed E-state index contributed by atoms with van der Waals surface area (Å²) < 4.78 is 5.07. The second-order valence-electron chi connectivity index (χ2n) is 3.10. The van der Waals surface area contributed by atoms with Crippen molar-refractivity contribution < 1.29 is 4.74 Å². The maximum absolute atomic E-state index is 5.90. The third-order valence-corrected chi connectivity index (χ3v) is 2.40. The van der Waals surface area contributed by atoms with E-state index in [0.717, 1.165) is 10.6 Å². The van der Waals surface area contributed by atoms with Crippen LogP contribution < -0.4 is 0 Å². The predicted molar refractivity (Wildman–Crippen MR) is 53.4 cm³/mol. The second kappa shape index (κ2) is 3.38. The molecule has 0 N–H and O–H groups in total. The van der Waals surface area contributed by atoms with Crippen LogP contribution in [0.3, 0.4) is 0 Å². The summed E-state index contributed by atoms with van der Waals surface area (Å²) >= 11 is 5.90. The van der Waals surface area contributed by atoms with E-state index in [1.807, 2.05) is 18.2 Å².